The molecule has 0 amide bonds. The highest BCUT2D eigenvalue weighted by Gasteiger charge is 2.27. The van der Waals surface area contributed by atoms with E-state index in [4.69, 9.17) is 5.73 Å². The van der Waals surface area contributed by atoms with Crippen LogP contribution in [0, 0.1) is 5.92 Å². The first-order valence-corrected chi connectivity index (χ1v) is 4.89. The Hall–Kier alpha value is -0.120. The number of nitrogens with one attached hydrogen (secondary N) is 1. The van der Waals surface area contributed by atoms with Crippen LogP contribution in [0.4, 0.5) is 0 Å². The summed E-state index contributed by atoms with van der Waals surface area (Å²) in [4.78, 5) is 2.44. The predicted octanol–water partition coefficient (Wildman–Crippen LogP) is 0.569. The molecule has 0 saturated carbocycles. The molecule has 1 aliphatic heterocycles. The van der Waals surface area contributed by atoms with Crippen molar-refractivity contribution in [3.63, 3.8) is 0 Å². The molecule has 72 valence electrons. The summed E-state index contributed by atoms with van der Waals surface area (Å²) in [6.45, 7) is 8.84. The highest BCUT2D eigenvalue weighted by atomic mass is 15.4. The predicted molar refractivity (Wildman–Crippen MR) is 51.6 cm³/mol. The summed E-state index contributed by atoms with van der Waals surface area (Å²) in [6, 6.07) is 0. The van der Waals surface area contributed by atoms with Gasteiger partial charge in [-0.25, -0.2) is 0 Å². The van der Waals surface area contributed by atoms with E-state index in [0.717, 1.165) is 25.4 Å². The van der Waals surface area contributed by atoms with Gasteiger partial charge in [-0.3, -0.25) is 10.2 Å². The van der Waals surface area contributed by atoms with Crippen LogP contribution in [0.25, 0.3) is 0 Å². The lowest BCUT2D eigenvalue weighted by Crippen LogP contribution is -2.39. The molecular weight excluding hydrogens is 150 g/mol. The summed E-state index contributed by atoms with van der Waals surface area (Å²) in [5.74, 6) is 0.728. The van der Waals surface area contributed by atoms with E-state index < -0.39 is 0 Å². The van der Waals surface area contributed by atoms with Gasteiger partial charge in [0, 0.05) is 13.1 Å². The average molecular weight is 171 g/mol. The van der Waals surface area contributed by atoms with Crippen molar-refractivity contribution in [1.82, 2.24) is 10.2 Å². The van der Waals surface area contributed by atoms with Gasteiger partial charge in [0.05, 0.1) is 12.3 Å². The number of hydrogen-bond donors (Lipinski definition) is 2. The van der Waals surface area contributed by atoms with E-state index in [2.05, 4.69) is 31.0 Å². The maximum absolute atomic E-state index is 5.81. The summed E-state index contributed by atoms with van der Waals surface area (Å²) < 4.78 is 0. The SMILES string of the molecule is CCC1NC(N)CN1CC(C)C. The second-order valence-corrected chi connectivity index (χ2v) is 4.04. The van der Waals surface area contributed by atoms with Crippen LogP contribution in [0.1, 0.15) is 27.2 Å². The minimum Gasteiger partial charge on any atom is -0.315 e. The van der Waals surface area contributed by atoms with Gasteiger partial charge in [-0.1, -0.05) is 20.8 Å². The van der Waals surface area contributed by atoms with Crippen molar-refractivity contribution in [2.45, 2.75) is 39.5 Å². The summed E-state index contributed by atoms with van der Waals surface area (Å²) in [5, 5.41) is 3.36. The van der Waals surface area contributed by atoms with Crippen molar-refractivity contribution < 1.29 is 0 Å². The number of nitrogens with two attached hydrogens (primary N) is 1. The molecule has 3 nitrogen and oxygen atoms in total. The van der Waals surface area contributed by atoms with Gasteiger partial charge >= 0.3 is 0 Å². The zero-order chi connectivity index (χ0) is 9.14. The molecule has 0 radical (unpaired) electrons. The van der Waals surface area contributed by atoms with Gasteiger partial charge in [-0.05, 0) is 12.3 Å². The first-order chi connectivity index (χ1) is 5.63. The van der Waals surface area contributed by atoms with E-state index >= 15 is 0 Å². The van der Waals surface area contributed by atoms with Gasteiger partial charge < -0.3 is 5.73 Å². The molecule has 3 N–H and O–H groups in total. The minimum atomic E-state index is 0.175. The minimum absolute atomic E-state index is 0.175. The molecule has 0 spiro atoms. The first-order valence-electron chi connectivity index (χ1n) is 4.89. The van der Waals surface area contributed by atoms with Crippen molar-refractivity contribution in [3.05, 3.63) is 0 Å². The second kappa shape index (κ2) is 4.21. The zero-order valence-corrected chi connectivity index (χ0v) is 8.38. The van der Waals surface area contributed by atoms with E-state index in [1.807, 2.05) is 0 Å². The van der Waals surface area contributed by atoms with Crippen LogP contribution >= 0.6 is 0 Å². The maximum atomic E-state index is 5.81. The van der Waals surface area contributed by atoms with E-state index in [1.54, 1.807) is 0 Å². The van der Waals surface area contributed by atoms with Crippen LogP contribution in [-0.4, -0.2) is 30.3 Å². The Kier molecular flexibility index (Phi) is 3.50. The molecule has 0 bridgehead atoms. The third kappa shape index (κ3) is 2.44. The Morgan fingerprint density at radius 2 is 2.25 bits per heavy atom. The quantitative estimate of drug-likeness (QED) is 0.652. The molecule has 2 atom stereocenters. The molecule has 0 aromatic rings. The third-order valence-corrected chi connectivity index (χ3v) is 2.26. The number of nitrogens with zero attached hydrogens (tertiary/aromatic N) is 1. The molecule has 1 fully saturated rings. The van der Waals surface area contributed by atoms with Gasteiger partial charge in [-0.2, -0.15) is 0 Å². The summed E-state index contributed by atoms with van der Waals surface area (Å²) >= 11 is 0. The van der Waals surface area contributed by atoms with E-state index in [0.29, 0.717) is 6.17 Å². The van der Waals surface area contributed by atoms with Gasteiger partial charge in [0.1, 0.15) is 0 Å². The third-order valence-electron chi connectivity index (χ3n) is 2.26. The molecule has 0 aromatic heterocycles. The monoisotopic (exact) mass is 171 g/mol. The molecular formula is C9H21N3. The van der Waals surface area contributed by atoms with Crippen LogP contribution in [0.15, 0.2) is 0 Å². The summed E-state index contributed by atoms with van der Waals surface area (Å²) in [7, 11) is 0. The molecule has 1 heterocycles. The van der Waals surface area contributed by atoms with Gasteiger partial charge in [0.25, 0.3) is 0 Å². The summed E-state index contributed by atoms with van der Waals surface area (Å²) in [5.41, 5.74) is 5.81. The Bertz CT molecular complexity index is 136. The smallest absolute Gasteiger partial charge is 0.0690 e. The average Bonchev–Trinajstić information content (AvgIpc) is 2.29. The molecule has 1 rings (SSSR count). The molecule has 12 heavy (non-hydrogen) atoms. The highest BCUT2D eigenvalue weighted by molar-refractivity contribution is 4.82. The van der Waals surface area contributed by atoms with E-state index in [1.165, 1.54) is 0 Å². The fourth-order valence-electron chi connectivity index (χ4n) is 1.83. The lowest BCUT2D eigenvalue weighted by molar-refractivity contribution is 0.211. The van der Waals surface area contributed by atoms with Crippen LogP contribution in [-0.2, 0) is 0 Å². The summed E-state index contributed by atoms with van der Waals surface area (Å²) in [6.07, 6.45) is 1.82. The number of rotatable bonds is 3. The topological polar surface area (TPSA) is 41.3 Å². The van der Waals surface area contributed by atoms with Crippen LogP contribution in [0.3, 0.4) is 0 Å². The van der Waals surface area contributed by atoms with Crippen LogP contribution < -0.4 is 11.1 Å². The Morgan fingerprint density at radius 3 is 2.75 bits per heavy atom. The number of hydrogen-bond acceptors (Lipinski definition) is 3. The van der Waals surface area contributed by atoms with Crippen LogP contribution in [0.2, 0.25) is 0 Å². The maximum Gasteiger partial charge on any atom is 0.0690 e. The molecule has 0 aromatic carbocycles. The van der Waals surface area contributed by atoms with Gasteiger partial charge in [0.2, 0.25) is 0 Å². The van der Waals surface area contributed by atoms with Gasteiger partial charge in [-0.15, -0.1) is 0 Å². The molecule has 0 aliphatic carbocycles. The van der Waals surface area contributed by atoms with Crippen molar-refractivity contribution in [2.75, 3.05) is 13.1 Å². The molecule has 2 unspecified atom stereocenters. The van der Waals surface area contributed by atoms with Crippen molar-refractivity contribution >= 4 is 0 Å². The van der Waals surface area contributed by atoms with Crippen LogP contribution in [0.5, 0.6) is 0 Å². The Labute approximate surface area is 75.3 Å². The highest BCUT2D eigenvalue weighted by Crippen LogP contribution is 2.11. The van der Waals surface area contributed by atoms with Crippen molar-refractivity contribution in [1.29, 1.82) is 0 Å². The zero-order valence-electron chi connectivity index (χ0n) is 8.38. The van der Waals surface area contributed by atoms with E-state index in [9.17, 15) is 0 Å². The molecule has 1 saturated heterocycles. The van der Waals surface area contributed by atoms with Gasteiger partial charge in [0.15, 0.2) is 0 Å². The molecule has 1 aliphatic rings. The van der Waals surface area contributed by atoms with E-state index in [-0.39, 0.29) is 6.17 Å². The fourth-order valence-corrected chi connectivity index (χ4v) is 1.83. The lowest BCUT2D eigenvalue weighted by atomic mass is 10.2. The Balaban J connectivity index is 2.40. The van der Waals surface area contributed by atoms with Crippen molar-refractivity contribution in [2.24, 2.45) is 11.7 Å². The van der Waals surface area contributed by atoms with Crippen molar-refractivity contribution in [3.8, 4) is 0 Å². The normalized spacial score (nSPS) is 31.8. The Morgan fingerprint density at radius 1 is 1.58 bits per heavy atom. The standard InChI is InChI=1S/C9H21N3/c1-4-9-11-8(10)6-12(9)5-7(2)3/h7-9,11H,4-6,10H2,1-3H3. The fraction of sp³-hybridized carbons (Fsp3) is 1.00. The lowest BCUT2D eigenvalue weighted by Gasteiger charge is -2.24. The largest absolute Gasteiger partial charge is 0.315 e. The molecule has 3 heteroatoms. The first kappa shape index (κ1) is 9.96. The second-order valence-electron chi connectivity index (χ2n) is 4.04.